The highest BCUT2D eigenvalue weighted by Gasteiger charge is 2.28. The van der Waals surface area contributed by atoms with Crippen molar-refractivity contribution in [1.29, 1.82) is 0 Å². The summed E-state index contributed by atoms with van der Waals surface area (Å²) >= 11 is 0. The van der Waals surface area contributed by atoms with Gasteiger partial charge in [0.15, 0.2) is 0 Å². The van der Waals surface area contributed by atoms with E-state index >= 15 is 0 Å². The second-order valence-corrected chi connectivity index (χ2v) is 5.84. The van der Waals surface area contributed by atoms with Crippen LogP contribution in [0, 0.1) is 5.92 Å². The van der Waals surface area contributed by atoms with Crippen LogP contribution in [0.4, 0.5) is 13.2 Å². The van der Waals surface area contributed by atoms with Crippen LogP contribution in [0.25, 0.3) is 10.8 Å². The maximum atomic E-state index is 12.1. The predicted octanol–water partition coefficient (Wildman–Crippen LogP) is 3.54. The number of nitrogens with one attached hydrogen (secondary N) is 1. The minimum absolute atomic E-state index is 0.180. The van der Waals surface area contributed by atoms with Crippen LogP contribution < -0.4 is 5.32 Å². The molecule has 0 saturated carbocycles. The molecule has 0 heterocycles. The summed E-state index contributed by atoms with van der Waals surface area (Å²) in [6, 6.07) is 13.2. The zero-order valence-electron chi connectivity index (χ0n) is 13.3. The molecular formula is C18H18F3NO3. The van der Waals surface area contributed by atoms with E-state index < -0.39 is 36.8 Å². The van der Waals surface area contributed by atoms with Gasteiger partial charge >= 0.3 is 12.1 Å². The second kappa shape index (κ2) is 8.00. The number of carboxylic acid groups (broad SMARTS) is 1. The molecule has 0 bridgehead atoms. The number of carbonyl (C=O) groups is 2. The molecule has 134 valence electrons. The number of carboxylic acids is 1. The number of carbonyl (C=O) groups excluding carboxylic acids is 1. The van der Waals surface area contributed by atoms with Crippen molar-refractivity contribution in [3.8, 4) is 0 Å². The van der Waals surface area contributed by atoms with Gasteiger partial charge in [-0.2, -0.15) is 13.2 Å². The van der Waals surface area contributed by atoms with Crippen LogP contribution in [0.5, 0.6) is 0 Å². The Labute approximate surface area is 142 Å². The topological polar surface area (TPSA) is 66.4 Å². The molecule has 2 aromatic carbocycles. The average molecular weight is 353 g/mol. The SMILES string of the molecule is O=C(CCC(F)(F)F)NCC(Cc1ccc2ccccc2c1)C(=O)O. The molecule has 1 unspecified atom stereocenters. The zero-order chi connectivity index (χ0) is 18.4. The maximum absolute atomic E-state index is 12.1. The summed E-state index contributed by atoms with van der Waals surface area (Å²) in [4.78, 5) is 22.8. The summed E-state index contributed by atoms with van der Waals surface area (Å²) in [6.45, 7) is -0.209. The van der Waals surface area contributed by atoms with Crippen molar-refractivity contribution < 1.29 is 27.9 Å². The third-order valence-electron chi connectivity index (χ3n) is 3.83. The van der Waals surface area contributed by atoms with E-state index in [0.717, 1.165) is 16.3 Å². The molecule has 2 N–H and O–H groups in total. The highest BCUT2D eigenvalue weighted by molar-refractivity contribution is 5.83. The molecule has 0 fully saturated rings. The summed E-state index contributed by atoms with van der Waals surface area (Å²) in [5.41, 5.74) is 0.788. The smallest absolute Gasteiger partial charge is 0.389 e. The molecule has 7 heteroatoms. The first-order valence-electron chi connectivity index (χ1n) is 7.78. The molecule has 0 aliphatic rings. The van der Waals surface area contributed by atoms with Crippen LogP contribution >= 0.6 is 0 Å². The first-order valence-corrected chi connectivity index (χ1v) is 7.78. The van der Waals surface area contributed by atoms with E-state index in [0.29, 0.717) is 0 Å². The summed E-state index contributed by atoms with van der Waals surface area (Å²) < 4.78 is 36.3. The molecule has 0 aliphatic heterocycles. The number of alkyl halides is 3. The third kappa shape index (κ3) is 6.10. The number of amides is 1. The van der Waals surface area contributed by atoms with Gasteiger partial charge in [0.1, 0.15) is 0 Å². The lowest BCUT2D eigenvalue weighted by Gasteiger charge is -2.14. The lowest BCUT2D eigenvalue weighted by molar-refractivity contribution is -0.145. The van der Waals surface area contributed by atoms with Crippen LogP contribution in [0.2, 0.25) is 0 Å². The largest absolute Gasteiger partial charge is 0.481 e. The van der Waals surface area contributed by atoms with Crippen LogP contribution in [-0.4, -0.2) is 29.7 Å². The Morgan fingerprint density at radius 2 is 1.76 bits per heavy atom. The molecule has 2 rings (SSSR count). The number of aliphatic carboxylic acids is 1. The van der Waals surface area contributed by atoms with Crippen molar-refractivity contribution in [3.63, 3.8) is 0 Å². The van der Waals surface area contributed by atoms with Gasteiger partial charge in [-0.1, -0.05) is 42.5 Å². The Hall–Kier alpha value is -2.57. The van der Waals surface area contributed by atoms with Gasteiger partial charge in [-0.25, -0.2) is 0 Å². The van der Waals surface area contributed by atoms with E-state index in [4.69, 9.17) is 0 Å². The maximum Gasteiger partial charge on any atom is 0.389 e. The third-order valence-corrected chi connectivity index (χ3v) is 3.83. The zero-order valence-corrected chi connectivity index (χ0v) is 13.3. The van der Waals surface area contributed by atoms with E-state index in [1.54, 1.807) is 0 Å². The van der Waals surface area contributed by atoms with Crippen LogP contribution in [-0.2, 0) is 16.0 Å². The molecule has 25 heavy (non-hydrogen) atoms. The van der Waals surface area contributed by atoms with Crippen molar-refractivity contribution in [3.05, 3.63) is 48.0 Å². The van der Waals surface area contributed by atoms with Gasteiger partial charge < -0.3 is 10.4 Å². The monoisotopic (exact) mass is 353 g/mol. The fourth-order valence-electron chi connectivity index (χ4n) is 2.48. The average Bonchev–Trinajstić information content (AvgIpc) is 2.55. The van der Waals surface area contributed by atoms with Gasteiger partial charge in [-0.3, -0.25) is 9.59 Å². The number of halogens is 3. The van der Waals surface area contributed by atoms with Gasteiger partial charge in [0.25, 0.3) is 0 Å². The second-order valence-electron chi connectivity index (χ2n) is 5.84. The Morgan fingerprint density at radius 3 is 2.40 bits per heavy atom. The standard InChI is InChI=1S/C18H18F3NO3/c19-18(20,21)8-7-16(23)22-11-15(17(24)25)10-12-5-6-13-3-1-2-4-14(13)9-12/h1-6,9,15H,7-8,10-11H2,(H,22,23)(H,24,25). The lowest BCUT2D eigenvalue weighted by atomic mass is 9.97. The Balaban J connectivity index is 1.95. The fraction of sp³-hybridized carbons (Fsp3) is 0.333. The van der Waals surface area contributed by atoms with E-state index in [9.17, 15) is 27.9 Å². The van der Waals surface area contributed by atoms with Crippen molar-refractivity contribution in [2.45, 2.75) is 25.4 Å². The van der Waals surface area contributed by atoms with Gasteiger partial charge in [0, 0.05) is 13.0 Å². The predicted molar refractivity (Wildman–Crippen MR) is 87.1 cm³/mol. The number of rotatable bonds is 7. The number of hydrogen-bond donors (Lipinski definition) is 2. The minimum atomic E-state index is -4.41. The Morgan fingerprint density at radius 1 is 1.08 bits per heavy atom. The van der Waals surface area contributed by atoms with Gasteiger partial charge in [-0.15, -0.1) is 0 Å². The summed E-state index contributed by atoms with van der Waals surface area (Å²) in [5.74, 6) is -2.82. The molecule has 0 aromatic heterocycles. The molecule has 0 radical (unpaired) electrons. The van der Waals surface area contributed by atoms with Gasteiger partial charge in [0.05, 0.1) is 12.3 Å². The lowest BCUT2D eigenvalue weighted by Crippen LogP contribution is -2.34. The van der Waals surface area contributed by atoms with Crippen molar-refractivity contribution in [2.24, 2.45) is 5.92 Å². The minimum Gasteiger partial charge on any atom is -0.481 e. The normalized spacial score (nSPS) is 12.8. The summed E-state index contributed by atoms with van der Waals surface area (Å²) in [5, 5.41) is 13.6. The molecule has 2 aromatic rings. The van der Waals surface area contributed by atoms with E-state index in [1.165, 1.54) is 0 Å². The van der Waals surface area contributed by atoms with Gasteiger partial charge in [0.2, 0.25) is 5.91 Å². The molecule has 0 aliphatic carbocycles. The molecule has 1 atom stereocenters. The van der Waals surface area contributed by atoms with Crippen LogP contribution in [0.15, 0.2) is 42.5 Å². The van der Waals surface area contributed by atoms with Crippen LogP contribution in [0.3, 0.4) is 0 Å². The number of fused-ring (bicyclic) bond motifs is 1. The Bertz CT molecular complexity index is 759. The Kier molecular flexibility index (Phi) is 6.01. The van der Waals surface area contributed by atoms with E-state index in [1.807, 2.05) is 42.5 Å². The van der Waals surface area contributed by atoms with Crippen LogP contribution in [0.1, 0.15) is 18.4 Å². The summed E-state index contributed by atoms with van der Waals surface area (Å²) in [6.07, 6.45) is -6.15. The molecule has 0 saturated heterocycles. The molecule has 4 nitrogen and oxygen atoms in total. The number of hydrogen-bond acceptors (Lipinski definition) is 2. The highest BCUT2D eigenvalue weighted by Crippen LogP contribution is 2.21. The molecule has 1 amide bonds. The first kappa shape index (κ1) is 18.8. The highest BCUT2D eigenvalue weighted by atomic mass is 19.4. The van der Waals surface area contributed by atoms with E-state index in [2.05, 4.69) is 5.32 Å². The fourth-order valence-corrected chi connectivity index (χ4v) is 2.48. The van der Waals surface area contributed by atoms with E-state index in [-0.39, 0.29) is 13.0 Å². The van der Waals surface area contributed by atoms with Crippen molar-refractivity contribution >= 4 is 22.6 Å². The number of benzene rings is 2. The quantitative estimate of drug-likeness (QED) is 0.800. The first-order chi connectivity index (χ1) is 11.7. The van der Waals surface area contributed by atoms with Crippen molar-refractivity contribution in [1.82, 2.24) is 5.32 Å². The molecular weight excluding hydrogens is 335 g/mol. The van der Waals surface area contributed by atoms with Crippen molar-refractivity contribution in [2.75, 3.05) is 6.54 Å². The molecule has 0 spiro atoms. The van der Waals surface area contributed by atoms with Gasteiger partial charge in [-0.05, 0) is 22.8 Å². The summed E-state index contributed by atoms with van der Waals surface area (Å²) in [7, 11) is 0.